The number of nitrogens with one attached hydrogen (secondary N) is 3. The zero-order valence-corrected chi connectivity index (χ0v) is 41.8. The number of carbonyl (C=O) groups excluding carboxylic acids is 5. The number of anilines is 4. The fourth-order valence-corrected chi connectivity index (χ4v) is 9.49. The number of aromatic nitrogens is 6. The van der Waals surface area contributed by atoms with Crippen LogP contribution in [-0.4, -0.2) is 86.7 Å². The van der Waals surface area contributed by atoms with E-state index in [1.165, 1.54) is 27.6 Å². The number of thiophene rings is 2. The van der Waals surface area contributed by atoms with Crippen LogP contribution in [-0.2, 0) is 17.9 Å². The fourth-order valence-electron chi connectivity index (χ4n) is 7.80. The van der Waals surface area contributed by atoms with Crippen molar-refractivity contribution in [2.75, 3.05) is 48.1 Å². The fraction of sp³-hybridized carbons (Fsp3) is 0.151. The van der Waals surface area contributed by atoms with E-state index in [0.29, 0.717) is 91.1 Å². The molecule has 0 fully saturated rings. The van der Waals surface area contributed by atoms with Crippen molar-refractivity contribution in [3.63, 3.8) is 0 Å². The minimum absolute atomic E-state index is 0.0112. The smallest absolute Gasteiger partial charge is 0.268 e. The number of fused-ring (bicyclic) bond motifs is 2. The number of aryl methyl sites for hydroxylation is 2. The van der Waals surface area contributed by atoms with Crippen molar-refractivity contribution in [3.05, 3.63) is 166 Å². The second-order valence-electron chi connectivity index (χ2n) is 16.4. The molecule has 0 saturated heterocycles. The lowest BCUT2D eigenvalue weighted by Gasteiger charge is -2.17. The van der Waals surface area contributed by atoms with E-state index in [-0.39, 0.29) is 36.1 Å². The Hall–Kier alpha value is -8.85. The topological polar surface area (TPSA) is 216 Å². The average molecular weight is 1010 g/mol. The molecule has 0 atom stereocenters. The maximum absolute atomic E-state index is 13.1. The van der Waals surface area contributed by atoms with Crippen molar-refractivity contribution in [1.82, 2.24) is 34.4 Å². The van der Waals surface area contributed by atoms with Crippen LogP contribution in [0.25, 0.3) is 43.3 Å². The second-order valence-corrected chi connectivity index (χ2v) is 18.6. The molecule has 368 valence electrons. The van der Waals surface area contributed by atoms with Gasteiger partial charge >= 0.3 is 0 Å². The van der Waals surface area contributed by atoms with E-state index in [1.807, 2.05) is 72.3 Å². The van der Waals surface area contributed by atoms with Gasteiger partial charge in [-0.25, -0.2) is 19.9 Å². The van der Waals surface area contributed by atoms with Gasteiger partial charge in [0, 0.05) is 63.5 Å². The predicted molar refractivity (Wildman–Crippen MR) is 283 cm³/mol. The standard InChI is InChI=1S/C27H26N6O3S.C26H21N5O4S/c1-17-29-16-22(36-17)23-11-12-24(37-23)25(34)31-27-30-20-15-19(9-10-21(20)33(27)14-13-28-2)32(3)26(35)18-7-5-4-6-8-18;1-16-27-15-21(35-16)22-10-11-23(36-22)24(33)29-26-28-19-14-18(8-9-20(19)31(26)12-13-32)30(2)25(34)17-6-4-3-5-7-17/h4-12,15-16,28H,13-14H2,1-3H3,(H,30,31,34);3-11,13-15H,12H2,1-2H3,(H,28,29,33). The summed E-state index contributed by atoms with van der Waals surface area (Å²) in [7, 11) is 5.30. The van der Waals surface area contributed by atoms with E-state index in [2.05, 4.69) is 30.9 Å². The summed E-state index contributed by atoms with van der Waals surface area (Å²) in [6.07, 6.45) is 4.01. The number of carbonyl (C=O) groups is 5. The van der Waals surface area contributed by atoms with E-state index in [9.17, 15) is 24.0 Å². The average Bonchev–Trinajstić information content (AvgIpc) is 4.30. The number of rotatable bonds is 15. The van der Waals surface area contributed by atoms with Crippen LogP contribution in [0.1, 0.15) is 51.8 Å². The summed E-state index contributed by atoms with van der Waals surface area (Å²) in [6, 6.07) is 36.2. The van der Waals surface area contributed by atoms with E-state index in [1.54, 1.807) is 110 Å². The highest BCUT2D eigenvalue weighted by molar-refractivity contribution is 7.17. The van der Waals surface area contributed by atoms with E-state index < -0.39 is 0 Å². The van der Waals surface area contributed by atoms with Gasteiger partial charge in [0.25, 0.3) is 23.6 Å². The molecule has 4 amide bonds. The molecular weight excluding hydrogens is 967 g/mol. The lowest BCUT2D eigenvalue weighted by atomic mass is 10.2. The highest BCUT2D eigenvalue weighted by Gasteiger charge is 2.22. The SMILES string of the molecule is CNCCn1c(NC(=O)c2ccc(-c3cnc(C)o3)s2)nc2cc(N(C)C(=O)c3ccccc3)ccc21.Cc1ncc(-c2ccc(C(=O)Nc3nc4cc(N(C)C(=O)c5ccccc5)ccc4n3CC=O)s2)o1. The minimum atomic E-state index is -0.360. The van der Waals surface area contributed by atoms with Gasteiger partial charge in [0.2, 0.25) is 11.9 Å². The molecule has 0 saturated carbocycles. The number of nitrogens with zero attached hydrogens (tertiary/aromatic N) is 8. The summed E-state index contributed by atoms with van der Waals surface area (Å²) >= 11 is 2.59. The van der Waals surface area contributed by atoms with Crippen LogP contribution >= 0.6 is 22.7 Å². The number of amides is 4. The van der Waals surface area contributed by atoms with E-state index in [0.717, 1.165) is 21.6 Å². The second kappa shape index (κ2) is 21.6. The number of hydrogen-bond donors (Lipinski definition) is 3. The molecule has 4 aromatic carbocycles. The molecule has 6 heterocycles. The first kappa shape index (κ1) is 49.1. The van der Waals surface area contributed by atoms with Crippen LogP contribution in [0.5, 0.6) is 0 Å². The molecule has 18 nitrogen and oxygen atoms in total. The van der Waals surface area contributed by atoms with Gasteiger partial charge in [0.15, 0.2) is 23.3 Å². The molecule has 3 N–H and O–H groups in total. The van der Waals surface area contributed by atoms with Crippen molar-refractivity contribution in [3.8, 4) is 21.3 Å². The Morgan fingerprint density at radius 1 is 0.616 bits per heavy atom. The van der Waals surface area contributed by atoms with Crippen molar-refractivity contribution in [1.29, 1.82) is 0 Å². The van der Waals surface area contributed by atoms with E-state index in [4.69, 9.17) is 13.8 Å². The number of likely N-dealkylation sites (N-methyl/N-ethyl adjacent to an activating group) is 1. The Labute approximate surface area is 426 Å². The molecule has 0 unspecified atom stereocenters. The van der Waals surface area contributed by atoms with Crippen molar-refractivity contribution < 1.29 is 32.8 Å². The maximum Gasteiger partial charge on any atom is 0.268 e. The third-order valence-corrected chi connectivity index (χ3v) is 13.8. The van der Waals surface area contributed by atoms with Gasteiger partial charge in [-0.3, -0.25) is 29.8 Å². The lowest BCUT2D eigenvalue weighted by Crippen LogP contribution is -2.26. The van der Waals surface area contributed by atoms with Gasteiger partial charge in [-0.2, -0.15) is 0 Å². The summed E-state index contributed by atoms with van der Waals surface area (Å²) in [5.74, 6) is 2.12. The Morgan fingerprint density at radius 3 is 1.49 bits per heavy atom. The van der Waals surface area contributed by atoms with Gasteiger partial charge in [-0.15, -0.1) is 22.7 Å². The molecule has 10 aromatic rings. The highest BCUT2D eigenvalue weighted by Crippen LogP contribution is 2.32. The zero-order valence-electron chi connectivity index (χ0n) is 40.2. The maximum atomic E-state index is 13.1. The number of imidazole rings is 2. The third kappa shape index (κ3) is 10.8. The number of aldehydes is 1. The molecule has 73 heavy (non-hydrogen) atoms. The van der Waals surface area contributed by atoms with Crippen molar-refractivity contribution in [2.45, 2.75) is 26.9 Å². The summed E-state index contributed by atoms with van der Waals surface area (Å²) in [5, 5.41) is 8.91. The van der Waals surface area contributed by atoms with Gasteiger partial charge < -0.3 is 37.9 Å². The Kier molecular flexibility index (Phi) is 14.6. The van der Waals surface area contributed by atoms with Gasteiger partial charge in [0.1, 0.15) is 6.29 Å². The monoisotopic (exact) mass is 1010 g/mol. The summed E-state index contributed by atoms with van der Waals surface area (Å²) in [5.41, 5.74) is 5.26. The molecule has 0 aliphatic heterocycles. The Balaban J connectivity index is 0.000000180. The minimum Gasteiger partial charge on any atom is -0.440 e. The van der Waals surface area contributed by atoms with Gasteiger partial charge in [0.05, 0.1) is 60.5 Å². The zero-order chi connectivity index (χ0) is 51.2. The molecule has 0 aliphatic carbocycles. The van der Waals surface area contributed by atoms with Crippen LogP contribution in [0.3, 0.4) is 0 Å². The van der Waals surface area contributed by atoms with Crippen LogP contribution in [0.2, 0.25) is 0 Å². The van der Waals surface area contributed by atoms with Gasteiger partial charge in [-0.05, 0) is 92.0 Å². The summed E-state index contributed by atoms with van der Waals surface area (Å²) in [4.78, 5) is 86.4. The lowest BCUT2D eigenvalue weighted by molar-refractivity contribution is -0.108. The Bertz CT molecular complexity index is 3630. The first-order valence-corrected chi connectivity index (χ1v) is 24.4. The molecule has 10 rings (SSSR count). The van der Waals surface area contributed by atoms with E-state index >= 15 is 0 Å². The van der Waals surface area contributed by atoms with Crippen LogP contribution in [0.15, 0.2) is 143 Å². The number of oxazole rings is 2. The molecule has 0 radical (unpaired) electrons. The summed E-state index contributed by atoms with van der Waals surface area (Å²) in [6.45, 7) is 4.84. The normalized spacial score (nSPS) is 11.0. The quantitative estimate of drug-likeness (QED) is 0.0819. The number of hydrogen-bond acceptors (Lipinski definition) is 14. The highest BCUT2D eigenvalue weighted by atomic mass is 32.1. The molecule has 6 aromatic heterocycles. The largest absolute Gasteiger partial charge is 0.440 e. The first-order chi connectivity index (χ1) is 35.4. The van der Waals surface area contributed by atoms with Crippen molar-refractivity contribution >= 4 is 97.9 Å². The third-order valence-electron chi connectivity index (χ3n) is 11.6. The molecule has 20 heteroatoms. The van der Waals surface area contributed by atoms with Crippen LogP contribution in [0.4, 0.5) is 23.3 Å². The van der Waals surface area contributed by atoms with Gasteiger partial charge in [-0.1, -0.05) is 36.4 Å². The first-order valence-electron chi connectivity index (χ1n) is 22.8. The molecular formula is C53H47N11O7S2. The summed E-state index contributed by atoms with van der Waals surface area (Å²) < 4.78 is 14.7. The molecule has 0 aliphatic rings. The molecule has 0 spiro atoms. The molecule has 0 bridgehead atoms. The predicted octanol–water partition coefficient (Wildman–Crippen LogP) is 9.60. The van der Waals surface area contributed by atoms with Crippen molar-refractivity contribution in [2.24, 2.45) is 0 Å². The number of benzene rings is 4. The van der Waals surface area contributed by atoms with Crippen LogP contribution in [0, 0.1) is 13.8 Å². The van der Waals surface area contributed by atoms with Crippen LogP contribution < -0.4 is 25.8 Å². The Morgan fingerprint density at radius 2 is 1.07 bits per heavy atom.